The predicted octanol–water partition coefficient (Wildman–Crippen LogP) is 2.72. The zero-order valence-corrected chi connectivity index (χ0v) is 10.1. The molecule has 17 heavy (non-hydrogen) atoms. The third kappa shape index (κ3) is 4.07. The van der Waals surface area contributed by atoms with Gasteiger partial charge >= 0.3 is 6.09 Å². The summed E-state index contributed by atoms with van der Waals surface area (Å²) < 4.78 is 5.08. The van der Waals surface area contributed by atoms with Crippen molar-refractivity contribution in [3.05, 3.63) is 23.8 Å². The molecule has 0 aliphatic carbocycles. The Morgan fingerprint density at radius 3 is 2.65 bits per heavy atom. The molecule has 0 bridgehead atoms. The van der Waals surface area contributed by atoms with Crippen molar-refractivity contribution in [2.24, 2.45) is 0 Å². The molecule has 1 amide bonds. The van der Waals surface area contributed by atoms with E-state index < -0.39 is 11.7 Å². The highest BCUT2D eigenvalue weighted by Gasteiger charge is 2.16. The van der Waals surface area contributed by atoms with Crippen LogP contribution < -0.4 is 5.32 Å². The van der Waals surface area contributed by atoms with E-state index in [2.05, 4.69) is 11.2 Å². The van der Waals surface area contributed by atoms with Crippen LogP contribution in [0.2, 0.25) is 0 Å². The van der Waals surface area contributed by atoms with Crippen LogP contribution in [0.5, 0.6) is 5.75 Å². The maximum atomic E-state index is 11.5. The number of carbonyl (C=O) groups excluding carboxylic acids is 1. The first kappa shape index (κ1) is 12.9. The number of carbonyl (C=O) groups is 1. The lowest BCUT2D eigenvalue weighted by molar-refractivity contribution is 0.0636. The quantitative estimate of drug-likeness (QED) is 0.579. The summed E-state index contributed by atoms with van der Waals surface area (Å²) in [6.45, 7) is 5.32. The van der Waals surface area contributed by atoms with Gasteiger partial charge in [0.2, 0.25) is 0 Å². The Kier molecular flexibility index (Phi) is 3.64. The molecular weight excluding hydrogens is 218 g/mol. The van der Waals surface area contributed by atoms with E-state index in [9.17, 15) is 9.90 Å². The van der Waals surface area contributed by atoms with Crippen molar-refractivity contribution in [2.45, 2.75) is 26.4 Å². The van der Waals surface area contributed by atoms with Crippen LogP contribution in [0.3, 0.4) is 0 Å². The van der Waals surface area contributed by atoms with Crippen molar-refractivity contribution < 1.29 is 14.6 Å². The van der Waals surface area contributed by atoms with E-state index in [0.717, 1.165) is 0 Å². The normalized spacial score (nSPS) is 10.5. The molecule has 4 heteroatoms. The summed E-state index contributed by atoms with van der Waals surface area (Å²) in [7, 11) is 0. The Morgan fingerprint density at radius 1 is 1.47 bits per heavy atom. The maximum absolute atomic E-state index is 11.5. The first-order valence-electron chi connectivity index (χ1n) is 5.11. The number of phenols is 1. The second-order valence-electron chi connectivity index (χ2n) is 4.50. The van der Waals surface area contributed by atoms with E-state index in [-0.39, 0.29) is 5.75 Å². The van der Waals surface area contributed by atoms with Gasteiger partial charge in [-0.05, 0) is 39.0 Å². The highest BCUT2D eigenvalue weighted by Crippen LogP contribution is 2.21. The number of nitrogens with one attached hydrogen (secondary N) is 1. The Hall–Kier alpha value is -2.15. The predicted molar refractivity (Wildman–Crippen MR) is 65.9 cm³/mol. The minimum atomic E-state index is -0.564. The SMILES string of the molecule is C#Cc1cc(NC(=O)OC(C)(C)C)ccc1O. The van der Waals surface area contributed by atoms with Crippen LogP contribution in [-0.4, -0.2) is 16.8 Å². The Labute approximate surface area is 101 Å². The van der Waals surface area contributed by atoms with Crippen molar-refractivity contribution in [1.29, 1.82) is 0 Å². The van der Waals surface area contributed by atoms with Gasteiger partial charge < -0.3 is 9.84 Å². The highest BCUT2D eigenvalue weighted by molar-refractivity contribution is 5.85. The monoisotopic (exact) mass is 233 g/mol. The molecule has 1 aromatic rings. The van der Waals surface area contributed by atoms with Crippen molar-refractivity contribution in [1.82, 2.24) is 0 Å². The second kappa shape index (κ2) is 4.79. The molecule has 1 aromatic carbocycles. The minimum absolute atomic E-state index is 0.00207. The summed E-state index contributed by atoms with van der Waals surface area (Å²) in [5.74, 6) is 2.32. The van der Waals surface area contributed by atoms with Gasteiger partial charge in [0.25, 0.3) is 0 Å². The fourth-order valence-electron chi connectivity index (χ4n) is 1.15. The smallest absolute Gasteiger partial charge is 0.412 e. The van der Waals surface area contributed by atoms with Gasteiger partial charge in [-0.25, -0.2) is 4.79 Å². The average Bonchev–Trinajstić information content (AvgIpc) is 2.18. The lowest BCUT2D eigenvalue weighted by atomic mass is 10.2. The van der Waals surface area contributed by atoms with Gasteiger partial charge in [-0.15, -0.1) is 6.42 Å². The standard InChI is InChI=1S/C13H15NO3/c1-5-9-8-10(6-7-11(9)15)14-12(16)17-13(2,3)4/h1,6-8,15H,2-4H3,(H,14,16). The lowest BCUT2D eigenvalue weighted by Gasteiger charge is -2.19. The van der Waals surface area contributed by atoms with Gasteiger partial charge in [-0.3, -0.25) is 5.32 Å². The molecule has 4 nitrogen and oxygen atoms in total. The van der Waals surface area contributed by atoms with Crippen molar-refractivity contribution in [3.8, 4) is 18.1 Å². The second-order valence-corrected chi connectivity index (χ2v) is 4.50. The molecular formula is C13H15NO3. The average molecular weight is 233 g/mol. The number of terminal acetylenes is 1. The molecule has 2 N–H and O–H groups in total. The van der Waals surface area contributed by atoms with Gasteiger partial charge in [-0.2, -0.15) is 0 Å². The third-order valence-electron chi connectivity index (χ3n) is 1.80. The topological polar surface area (TPSA) is 58.6 Å². The molecule has 0 spiro atoms. The van der Waals surface area contributed by atoms with E-state index in [4.69, 9.17) is 11.2 Å². The fraction of sp³-hybridized carbons (Fsp3) is 0.308. The van der Waals surface area contributed by atoms with E-state index in [1.165, 1.54) is 12.1 Å². The molecule has 0 aliphatic heterocycles. The highest BCUT2D eigenvalue weighted by atomic mass is 16.6. The van der Waals surface area contributed by atoms with Crippen molar-refractivity contribution >= 4 is 11.8 Å². The molecule has 0 aromatic heterocycles. The number of anilines is 1. The van der Waals surface area contributed by atoms with Gasteiger partial charge in [0.05, 0.1) is 5.56 Å². The number of ether oxygens (including phenoxy) is 1. The summed E-state index contributed by atoms with van der Waals surface area (Å²) in [6, 6.07) is 4.46. The number of amides is 1. The zero-order valence-electron chi connectivity index (χ0n) is 10.1. The minimum Gasteiger partial charge on any atom is -0.507 e. The number of hydrogen-bond donors (Lipinski definition) is 2. The number of rotatable bonds is 1. The number of phenolic OH excluding ortho intramolecular Hbond substituents is 1. The molecule has 0 atom stereocenters. The fourth-order valence-corrected chi connectivity index (χ4v) is 1.15. The Bertz CT molecular complexity index is 467. The molecule has 0 saturated carbocycles. The molecule has 1 rings (SSSR count). The summed E-state index contributed by atoms with van der Waals surface area (Å²) in [5, 5.41) is 11.9. The lowest BCUT2D eigenvalue weighted by Crippen LogP contribution is -2.27. The van der Waals surface area contributed by atoms with E-state index >= 15 is 0 Å². The van der Waals surface area contributed by atoms with Crippen LogP contribution in [0.4, 0.5) is 10.5 Å². The van der Waals surface area contributed by atoms with Gasteiger partial charge in [0.1, 0.15) is 11.4 Å². The van der Waals surface area contributed by atoms with E-state index in [1.807, 2.05) is 0 Å². The number of hydrogen-bond acceptors (Lipinski definition) is 3. The number of aromatic hydroxyl groups is 1. The van der Waals surface area contributed by atoms with Crippen molar-refractivity contribution in [3.63, 3.8) is 0 Å². The van der Waals surface area contributed by atoms with Crippen LogP contribution in [0.1, 0.15) is 26.3 Å². The molecule has 0 fully saturated rings. The summed E-state index contributed by atoms with van der Waals surface area (Å²) in [6.07, 6.45) is 4.63. The van der Waals surface area contributed by atoms with E-state index in [0.29, 0.717) is 11.3 Å². The van der Waals surface area contributed by atoms with Gasteiger partial charge in [0.15, 0.2) is 0 Å². The van der Waals surface area contributed by atoms with Gasteiger partial charge in [-0.1, -0.05) is 5.92 Å². The zero-order chi connectivity index (χ0) is 13.1. The van der Waals surface area contributed by atoms with Crippen LogP contribution in [0.25, 0.3) is 0 Å². The Balaban J connectivity index is 2.77. The van der Waals surface area contributed by atoms with Crippen LogP contribution in [0.15, 0.2) is 18.2 Å². The molecule has 90 valence electrons. The van der Waals surface area contributed by atoms with Crippen LogP contribution >= 0.6 is 0 Å². The van der Waals surface area contributed by atoms with Crippen LogP contribution in [-0.2, 0) is 4.74 Å². The third-order valence-corrected chi connectivity index (χ3v) is 1.80. The molecule has 0 aliphatic rings. The molecule has 0 saturated heterocycles. The van der Waals surface area contributed by atoms with E-state index in [1.54, 1.807) is 26.8 Å². The number of benzene rings is 1. The van der Waals surface area contributed by atoms with Gasteiger partial charge in [0, 0.05) is 5.69 Å². The van der Waals surface area contributed by atoms with Crippen LogP contribution in [0, 0.1) is 12.3 Å². The first-order chi connectivity index (χ1) is 7.81. The largest absolute Gasteiger partial charge is 0.507 e. The summed E-state index contributed by atoms with van der Waals surface area (Å²) in [5.41, 5.74) is 0.235. The molecule has 0 unspecified atom stereocenters. The Morgan fingerprint density at radius 2 is 2.12 bits per heavy atom. The first-order valence-corrected chi connectivity index (χ1v) is 5.11. The maximum Gasteiger partial charge on any atom is 0.412 e. The summed E-state index contributed by atoms with van der Waals surface area (Å²) in [4.78, 5) is 11.5. The molecule has 0 radical (unpaired) electrons. The summed E-state index contributed by atoms with van der Waals surface area (Å²) >= 11 is 0. The molecule has 0 heterocycles. The van der Waals surface area contributed by atoms with Crippen molar-refractivity contribution in [2.75, 3.05) is 5.32 Å².